The number of alkyl halides is 3. The van der Waals surface area contributed by atoms with E-state index in [2.05, 4.69) is 5.10 Å². The first-order valence-corrected chi connectivity index (χ1v) is 3.71. The number of hydrogen-bond donors (Lipinski definition) is 2. The highest BCUT2D eigenvalue weighted by Gasteiger charge is 2.38. The Kier molecular flexibility index (Phi) is 2.53. The number of halogens is 4. The standard InChI is InChI=1S/C6H6ClF3N2O/c1-2(13)3-4(6(8,9)10)11-12-5(3)7/h2,13H,1H3,(H,11,12). The highest BCUT2D eigenvalue weighted by molar-refractivity contribution is 6.30. The summed E-state index contributed by atoms with van der Waals surface area (Å²) in [5, 5.41) is 13.6. The minimum atomic E-state index is -4.60. The molecule has 1 unspecified atom stereocenters. The summed E-state index contributed by atoms with van der Waals surface area (Å²) in [4.78, 5) is 0. The van der Waals surface area contributed by atoms with Crippen LogP contribution in [-0.2, 0) is 6.18 Å². The maximum atomic E-state index is 12.2. The smallest absolute Gasteiger partial charge is 0.389 e. The van der Waals surface area contributed by atoms with Crippen molar-refractivity contribution in [2.75, 3.05) is 0 Å². The predicted molar refractivity (Wildman–Crippen MR) is 39.2 cm³/mol. The first kappa shape index (κ1) is 10.3. The zero-order valence-corrected chi connectivity index (χ0v) is 7.24. The first-order valence-electron chi connectivity index (χ1n) is 3.33. The summed E-state index contributed by atoms with van der Waals surface area (Å²) < 4.78 is 36.5. The third-order valence-corrected chi connectivity index (χ3v) is 1.73. The van der Waals surface area contributed by atoms with Gasteiger partial charge in [-0.05, 0) is 6.92 Å². The molecular formula is C6H6ClF3N2O. The molecule has 0 aromatic carbocycles. The quantitative estimate of drug-likeness (QED) is 0.753. The van der Waals surface area contributed by atoms with Crippen molar-refractivity contribution in [1.29, 1.82) is 0 Å². The summed E-state index contributed by atoms with van der Waals surface area (Å²) in [6.45, 7) is 1.19. The van der Waals surface area contributed by atoms with Crippen molar-refractivity contribution in [3.63, 3.8) is 0 Å². The lowest BCUT2D eigenvalue weighted by atomic mass is 10.1. The van der Waals surface area contributed by atoms with Crippen LogP contribution in [0.2, 0.25) is 5.15 Å². The van der Waals surface area contributed by atoms with Gasteiger partial charge in [0.05, 0.1) is 6.10 Å². The molecular weight excluding hydrogens is 209 g/mol. The van der Waals surface area contributed by atoms with Crippen LogP contribution in [0.25, 0.3) is 0 Å². The van der Waals surface area contributed by atoms with E-state index in [0.717, 1.165) is 0 Å². The van der Waals surface area contributed by atoms with Crippen molar-refractivity contribution in [3.05, 3.63) is 16.4 Å². The van der Waals surface area contributed by atoms with E-state index in [1.54, 1.807) is 0 Å². The third kappa shape index (κ3) is 1.94. The van der Waals surface area contributed by atoms with E-state index in [1.807, 2.05) is 5.10 Å². The average Bonchev–Trinajstić information content (AvgIpc) is 2.28. The fourth-order valence-corrected chi connectivity index (χ4v) is 1.22. The van der Waals surface area contributed by atoms with Crippen molar-refractivity contribution in [1.82, 2.24) is 10.2 Å². The van der Waals surface area contributed by atoms with Gasteiger partial charge in [0.2, 0.25) is 0 Å². The van der Waals surface area contributed by atoms with Crippen LogP contribution in [0.15, 0.2) is 0 Å². The zero-order valence-electron chi connectivity index (χ0n) is 6.48. The molecule has 0 fully saturated rings. The van der Waals surface area contributed by atoms with Gasteiger partial charge in [0.15, 0.2) is 5.69 Å². The topological polar surface area (TPSA) is 48.9 Å². The predicted octanol–water partition coefficient (Wildman–Crippen LogP) is 2.14. The summed E-state index contributed by atoms with van der Waals surface area (Å²) in [6.07, 6.45) is -5.90. The Balaban J connectivity index is 3.23. The van der Waals surface area contributed by atoms with Crippen LogP contribution in [0.1, 0.15) is 24.3 Å². The molecule has 0 aliphatic heterocycles. The van der Waals surface area contributed by atoms with Crippen LogP contribution in [0.4, 0.5) is 13.2 Å². The molecule has 0 aliphatic carbocycles. The van der Waals surface area contributed by atoms with Gasteiger partial charge in [-0.2, -0.15) is 18.3 Å². The van der Waals surface area contributed by atoms with Crippen LogP contribution >= 0.6 is 11.6 Å². The average molecular weight is 215 g/mol. The molecule has 7 heteroatoms. The number of rotatable bonds is 1. The van der Waals surface area contributed by atoms with Crippen LogP contribution in [0, 0.1) is 0 Å². The Hall–Kier alpha value is -0.750. The van der Waals surface area contributed by atoms with Gasteiger partial charge in [-0.15, -0.1) is 0 Å². The van der Waals surface area contributed by atoms with E-state index in [4.69, 9.17) is 16.7 Å². The Morgan fingerprint density at radius 3 is 2.38 bits per heavy atom. The third-order valence-electron chi connectivity index (χ3n) is 1.44. The van der Waals surface area contributed by atoms with Crippen LogP contribution in [-0.4, -0.2) is 15.3 Å². The Morgan fingerprint density at radius 2 is 2.08 bits per heavy atom. The number of aliphatic hydroxyl groups is 1. The summed E-state index contributed by atoms with van der Waals surface area (Å²) in [5.74, 6) is 0. The molecule has 2 N–H and O–H groups in total. The summed E-state index contributed by atoms with van der Waals surface area (Å²) in [7, 11) is 0. The molecule has 0 radical (unpaired) electrons. The van der Waals surface area contributed by atoms with Gasteiger partial charge in [0.1, 0.15) is 5.15 Å². The first-order chi connectivity index (χ1) is 5.84. The highest BCUT2D eigenvalue weighted by atomic mass is 35.5. The van der Waals surface area contributed by atoms with Crippen molar-refractivity contribution in [2.24, 2.45) is 0 Å². The molecule has 0 aliphatic rings. The molecule has 13 heavy (non-hydrogen) atoms. The highest BCUT2D eigenvalue weighted by Crippen LogP contribution is 2.35. The summed E-state index contributed by atoms with van der Waals surface area (Å²) in [6, 6.07) is 0. The molecule has 0 saturated heterocycles. The van der Waals surface area contributed by atoms with Crippen LogP contribution < -0.4 is 0 Å². The lowest BCUT2D eigenvalue weighted by Gasteiger charge is -2.07. The molecule has 74 valence electrons. The largest absolute Gasteiger partial charge is 0.435 e. The molecule has 1 heterocycles. The molecule has 0 saturated carbocycles. The summed E-state index contributed by atoms with van der Waals surface area (Å²) in [5.41, 5.74) is -1.60. The number of nitrogens with zero attached hydrogens (tertiary/aromatic N) is 1. The van der Waals surface area contributed by atoms with Crippen molar-refractivity contribution in [2.45, 2.75) is 19.2 Å². The lowest BCUT2D eigenvalue weighted by molar-refractivity contribution is -0.142. The van der Waals surface area contributed by atoms with Crippen LogP contribution in [0.5, 0.6) is 0 Å². The molecule has 1 atom stereocenters. The van der Waals surface area contributed by atoms with E-state index in [0.29, 0.717) is 0 Å². The van der Waals surface area contributed by atoms with E-state index in [1.165, 1.54) is 6.92 Å². The molecule has 0 spiro atoms. The van der Waals surface area contributed by atoms with E-state index >= 15 is 0 Å². The van der Waals surface area contributed by atoms with Gasteiger partial charge in [0.25, 0.3) is 0 Å². The minimum Gasteiger partial charge on any atom is -0.389 e. The molecule has 0 amide bonds. The second-order valence-corrected chi connectivity index (χ2v) is 2.85. The van der Waals surface area contributed by atoms with Gasteiger partial charge in [0, 0.05) is 5.56 Å². The molecule has 0 bridgehead atoms. The maximum absolute atomic E-state index is 12.2. The molecule has 1 rings (SSSR count). The van der Waals surface area contributed by atoms with E-state index in [9.17, 15) is 13.2 Å². The van der Waals surface area contributed by atoms with Crippen molar-refractivity contribution in [3.8, 4) is 0 Å². The Bertz CT molecular complexity index is 307. The summed E-state index contributed by atoms with van der Waals surface area (Å²) >= 11 is 5.37. The van der Waals surface area contributed by atoms with Gasteiger partial charge < -0.3 is 5.11 Å². The van der Waals surface area contributed by atoms with Gasteiger partial charge in [-0.1, -0.05) is 11.6 Å². The molecule has 3 nitrogen and oxygen atoms in total. The Morgan fingerprint density at radius 1 is 1.54 bits per heavy atom. The van der Waals surface area contributed by atoms with E-state index in [-0.39, 0.29) is 5.15 Å². The molecule has 1 aromatic heterocycles. The fourth-order valence-electron chi connectivity index (χ4n) is 0.927. The van der Waals surface area contributed by atoms with E-state index < -0.39 is 23.5 Å². The minimum absolute atomic E-state index is 0.290. The number of aromatic nitrogens is 2. The second kappa shape index (κ2) is 3.19. The van der Waals surface area contributed by atoms with Crippen molar-refractivity contribution < 1.29 is 18.3 Å². The van der Waals surface area contributed by atoms with Crippen molar-refractivity contribution >= 4 is 11.6 Å². The monoisotopic (exact) mass is 214 g/mol. The Labute approximate surface area is 76.5 Å². The number of aromatic amines is 1. The lowest BCUT2D eigenvalue weighted by Crippen LogP contribution is -2.10. The number of H-pyrrole nitrogens is 1. The number of hydrogen-bond acceptors (Lipinski definition) is 2. The fraction of sp³-hybridized carbons (Fsp3) is 0.500. The maximum Gasteiger partial charge on any atom is 0.435 e. The second-order valence-electron chi connectivity index (χ2n) is 2.47. The number of nitrogens with one attached hydrogen (secondary N) is 1. The zero-order chi connectivity index (χ0) is 10.2. The van der Waals surface area contributed by atoms with Gasteiger partial charge in [-0.25, -0.2) is 0 Å². The number of aliphatic hydroxyl groups excluding tert-OH is 1. The van der Waals surface area contributed by atoms with Gasteiger partial charge in [-0.3, -0.25) is 5.10 Å². The van der Waals surface area contributed by atoms with Gasteiger partial charge >= 0.3 is 6.18 Å². The molecule has 1 aromatic rings. The normalized spacial score (nSPS) is 14.6. The van der Waals surface area contributed by atoms with Crippen LogP contribution in [0.3, 0.4) is 0 Å². The SMILES string of the molecule is CC(O)c1c(C(F)(F)F)n[nH]c1Cl.